The van der Waals surface area contributed by atoms with Crippen LogP contribution in [0.3, 0.4) is 0 Å². The van der Waals surface area contributed by atoms with Crippen LogP contribution in [-0.2, 0) is 5.54 Å². The SMILES string of the molecule is O=C(NC(CO)(CO)c1nc(-c2ccc(OC(F)(F)F)cc2)no1)c1ccc(Cl)cc1. The van der Waals surface area contributed by atoms with E-state index in [1.165, 1.54) is 36.4 Å². The third-order valence-corrected chi connectivity index (χ3v) is 4.43. The molecule has 0 bridgehead atoms. The van der Waals surface area contributed by atoms with Gasteiger partial charge in [-0.05, 0) is 48.5 Å². The summed E-state index contributed by atoms with van der Waals surface area (Å²) >= 11 is 5.79. The number of carbonyl (C=O) groups excluding carboxylic acids is 1. The number of alkyl halides is 3. The first-order valence-electron chi connectivity index (χ1n) is 8.66. The normalized spacial score (nSPS) is 11.9. The van der Waals surface area contributed by atoms with Crippen molar-refractivity contribution in [2.75, 3.05) is 13.2 Å². The Bertz CT molecular complexity index is 1040. The van der Waals surface area contributed by atoms with Crippen LogP contribution in [0.2, 0.25) is 5.02 Å². The third-order valence-electron chi connectivity index (χ3n) is 4.18. The van der Waals surface area contributed by atoms with Gasteiger partial charge in [-0.25, -0.2) is 0 Å². The molecule has 31 heavy (non-hydrogen) atoms. The second-order valence-electron chi connectivity index (χ2n) is 6.35. The lowest BCUT2D eigenvalue weighted by Crippen LogP contribution is -2.51. The summed E-state index contributed by atoms with van der Waals surface area (Å²) in [6, 6.07) is 10.5. The van der Waals surface area contributed by atoms with Crippen molar-refractivity contribution in [1.82, 2.24) is 15.5 Å². The predicted molar refractivity (Wildman–Crippen MR) is 101 cm³/mol. The number of aliphatic hydroxyl groups excluding tert-OH is 2. The maximum Gasteiger partial charge on any atom is 0.573 e. The molecule has 0 aliphatic rings. The first kappa shape index (κ1) is 22.5. The Morgan fingerprint density at radius 3 is 2.23 bits per heavy atom. The zero-order chi connectivity index (χ0) is 22.6. The number of aromatic nitrogens is 2. The van der Waals surface area contributed by atoms with Crippen LogP contribution in [0.5, 0.6) is 5.75 Å². The average molecular weight is 458 g/mol. The van der Waals surface area contributed by atoms with E-state index in [0.717, 1.165) is 12.1 Å². The molecular formula is C19H15ClF3N3O5. The lowest BCUT2D eigenvalue weighted by molar-refractivity contribution is -0.274. The van der Waals surface area contributed by atoms with Crippen LogP contribution in [-0.4, -0.2) is 45.8 Å². The molecule has 0 fully saturated rings. The number of aliphatic hydroxyl groups is 2. The van der Waals surface area contributed by atoms with Gasteiger partial charge in [0.2, 0.25) is 5.82 Å². The summed E-state index contributed by atoms with van der Waals surface area (Å²) < 4.78 is 45.7. The summed E-state index contributed by atoms with van der Waals surface area (Å²) in [5, 5.41) is 26.3. The van der Waals surface area contributed by atoms with Gasteiger partial charge >= 0.3 is 6.36 Å². The van der Waals surface area contributed by atoms with Crippen LogP contribution >= 0.6 is 11.6 Å². The number of carbonyl (C=O) groups is 1. The van der Waals surface area contributed by atoms with Gasteiger partial charge < -0.3 is 24.8 Å². The Balaban J connectivity index is 1.83. The quantitative estimate of drug-likeness (QED) is 0.499. The van der Waals surface area contributed by atoms with Crippen molar-refractivity contribution in [3.63, 3.8) is 0 Å². The predicted octanol–water partition coefficient (Wildman–Crippen LogP) is 2.90. The van der Waals surface area contributed by atoms with Crippen molar-refractivity contribution < 1.29 is 37.4 Å². The average Bonchev–Trinajstić information content (AvgIpc) is 3.22. The van der Waals surface area contributed by atoms with E-state index in [2.05, 4.69) is 20.2 Å². The molecule has 0 spiro atoms. The highest BCUT2D eigenvalue weighted by molar-refractivity contribution is 6.30. The molecule has 0 aliphatic carbocycles. The van der Waals surface area contributed by atoms with Crippen LogP contribution in [0.15, 0.2) is 53.1 Å². The van der Waals surface area contributed by atoms with Crippen LogP contribution in [0.4, 0.5) is 13.2 Å². The highest BCUT2D eigenvalue weighted by atomic mass is 35.5. The molecule has 0 unspecified atom stereocenters. The fourth-order valence-electron chi connectivity index (χ4n) is 2.55. The molecule has 1 amide bonds. The largest absolute Gasteiger partial charge is 0.573 e. The third kappa shape index (κ3) is 5.32. The van der Waals surface area contributed by atoms with E-state index in [-0.39, 0.29) is 22.8 Å². The molecule has 0 radical (unpaired) electrons. The maximum absolute atomic E-state index is 12.5. The minimum atomic E-state index is -4.83. The van der Waals surface area contributed by atoms with Gasteiger partial charge in [0.15, 0.2) is 5.54 Å². The van der Waals surface area contributed by atoms with Crippen molar-refractivity contribution >= 4 is 17.5 Å². The molecule has 3 rings (SSSR count). The summed E-state index contributed by atoms with van der Waals surface area (Å²) in [6.07, 6.45) is -4.83. The number of rotatable bonds is 7. The van der Waals surface area contributed by atoms with Gasteiger partial charge in [0, 0.05) is 16.1 Å². The van der Waals surface area contributed by atoms with Crippen molar-refractivity contribution in [1.29, 1.82) is 0 Å². The molecule has 1 heterocycles. The van der Waals surface area contributed by atoms with Crippen molar-refractivity contribution in [2.45, 2.75) is 11.9 Å². The van der Waals surface area contributed by atoms with Crippen LogP contribution < -0.4 is 10.1 Å². The van der Waals surface area contributed by atoms with E-state index in [4.69, 9.17) is 16.1 Å². The number of amides is 1. The smallest absolute Gasteiger partial charge is 0.406 e. The lowest BCUT2D eigenvalue weighted by atomic mass is 10.0. The molecule has 164 valence electrons. The monoisotopic (exact) mass is 457 g/mol. The standard InChI is InChI=1S/C19H15ClF3N3O5/c20-13-5-1-12(2-6-13)16(29)25-18(9-27,10-28)17-24-15(26-31-17)11-3-7-14(8-4-11)30-19(21,22)23/h1-8,27-28H,9-10H2,(H,25,29). The highest BCUT2D eigenvalue weighted by Gasteiger charge is 2.39. The first-order valence-corrected chi connectivity index (χ1v) is 9.04. The fraction of sp³-hybridized carbons (Fsp3) is 0.211. The number of ether oxygens (including phenoxy) is 1. The molecular weight excluding hydrogens is 443 g/mol. The molecule has 0 saturated heterocycles. The highest BCUT2D eigenvalue weighted by Crippen LogP contribution is 2.27. The van der Waals surface area contributed by atoms with E-state index in [9.17, 15) is 28.2 Å². The van der Waals surface area contributed by atoms with Gasteiger partial charge in [-0.1, -0.05) is 16.8 Å². The molecule has 0 aliphatic heterocycles. The molecule has 0 saturated carbocycles. The number of benzene rings is 2. The summed E-state index contributed by atoms with van der Waals surface area (Å²) in [5.74, 6) is -1.42. The lowest BCUT2D eigenvalue weighted by Gasteiger charge is -2.26. The number of nitrogens with one attached hydrogen (secondary N) is 1. The van der Waals surface area contributed by atoms with Gasteiger partial charge in [-0.3, -0.25) is 4.79 Å². The minimum absolute atomic E-state index is 0.0411. The van der Waals surface area contributed by atoms with E-state index < -0.39 is 36.8 Å². The van der Waals surface area contributed by atoms with E-state index in [1.54, 1.807) is 0 Å². The van der Waals surface area contributed by atoms with E-state index in [1.807, 2.05) is 0 Å². The Hall–Kier alpha value is -3.15. The zero-order valence-electron chi connectivity index (χ0n) is 15.6. The molecule has 0 atom stereocenters. The van der Waals surface area contributed by atoms with Gasteiger partial charge in [0.05, 0.1) is 13.2 Å². The number of hydrogen-bond acceptors (Lipinski definition) is 7. The molecule has 1 aromatic heterocycles. The zero-order valence-corrected chi connectivity index (χ0v) is 16.3. The maximum atomic E-state index is 12.5. The summed E-state index contributed by atoms with van der Waals surface area (Å²) in [7, 11) is 0. The van der Waals surface area contributed by atoms with Crippen molar-refractivity contribution in [3.8, 4) is 17.1 Å². The van der Waals surface area contributed by atoms with Crippen LogP contribution in [0.1, 0.15) is 16.2 Å². The molecule has 12 heteroatoms. The Kier molecular flexibility index (Phi) is 6.48. The number of hydrogen-bond donors (Lipinski definition) is 3. The fourth-order valence-corrected chi connectivity index (χ4v) is 2.68. The number of nitrogens with zero attached hydrogens (tertiary/aromatic N) is 2. The summed E-state index contributed by atoms with van der Waals surface area (Å²) in [6.45, 7) is -1.55. The topological polar surface area (TPSA) is 118 Å². The number of halogens is 4. The van der Waals surface area contributed by atoms with Gasteiger partial charge in [0.25, 0.3) is 11.8 Å². The van der Waals surface area contributed by atoms with Crippen LogP contribution in [0.25, 0.3) is 11.4 Å². The van der Waals surface area contributed by atoms with Gasteiger partial charge in [-0.15, -0.1) is 13.2 Å². The minimum Gasteiger partial charge on any atom is -0.406 e. The van der Waals surface area contributed by atoms with E-state index in [0.29, 0.717) is 5.02 Å². The molecule has 3 N–H and O–H groups in total. The molecule has 8 nitrogen and oxygen atoms in total. The Morgan fingerprint density at radius 2 is 1.68 bits per heavy atom. The van der Waals surface area contributed by atoms with Crippen molar-refractivity contribution in [3.05, 3.63) is 65.0 Å². The molecule has 3 aromatic rings. The van der Waals surface area contributed by atoms with Gasteiger partial charge in [-0.2, -0.15) is 4.98 Å². The van der Waals surface area contributed by atoms with E-state index >= 15 is 0 Å². The first-order chi connectivity index (χ1) is 14.7. The molecule has 2 aromatic carbocycles. The van der Waals surface area contributed by atoms with Crippen LogP contribution in [0, 0.1) is 0 Å². The second-order valence-corrected chi connectivity index (χ2v) is 6.79. The summed E-state index contributed by atoms with van der Waals surface area (Å²) in [4.78, 5) is 16.6. The Morgan fingerprint density at radius 1 is 1.06 bits per heavy atom. The second kappa shape index (κ2) is 8.92. The van der Waals surface area contributed by atoms with Gasteiger partial charge in [0.1, 0.15) is 5.75 Å². The summed E-state index contributed by atoms with van der Waals surface area (Å²) in [5.41, 5.74) is -1.32. The Labute approximate surface area is 178 Å². The van der Waals surface area contributed by atoms with Crippen molar-refractivity contribution in [2.24, 2.45) is 0 Å².